The van der Waals surface area contributed by atoms with E-state index < -0.39 is 5.97 Å². The van der Waals surface area contributed by atoms with Crippen LogP contribution < -0.4 is 0 Å². The van der Waals surface area contributed by atoms with Crippen LogP contribution >= 0.6 is 0 Å². The molecule has 0 atom stereocenters. The smallest absolute Gasteiger partial charge is 0.317 e. The van der Waals surface area contributed by atoms with Gasteiger partial charge in [-0.05, 0) is 23.5 Å². The minimum atomic E-state index is -0.807. The molecule has 1 N–H and O–H groups in total. The van der Waals surface area contributed by atoms with E-state index >= 15 is 0 Å². The summed E-state index contributed by atoms with van der Waals surface area (Å²) in [6.45, 7) is 9.33. The van der Waals surface area contributed by atoms with Crippen LogP contribution in [-0.2, 0) is 17.8 Å². The van der Waals surface area contributed by atoms with Crippen LogP contribution in [-0.4, -0.2) is 29.1 Å². The van der Waals surface area contributed by atoms with Gasteiger partial charge in [0, 0.05) is 13.1 Å². The van der Waals surface area contributed by atoms with E-state index in [2.05, 4.69) is 44.7 Å². The first-order valence-corrected chi connectivity index (χ1v) is 6.64. The van der Waals surface area contributed by atoms with Crippen molar-refractivity contribution in [2.75, 3.05) is 13.1 Å². The van der Waals surface area contributed by atoms with Crippen molar-refractivity contribution in [2.24, 2.45) is 5.92 Å². The zero-order valence-corrected chi connectivity index (χ0v) is 11.8. The Morgan fingerprint density at radius 1 is 1.32 bits per heavy atom. The summed E-state index contributed by atoms with van der Waals surface area (Å²) < 4.78 is 0. The van der Waals surface area contributed by atoms with Gasteiger partial charge in [0.25, 0.3) is 0 Å². The molecule has 0 amide bonds. The lowest BCUT2D eigenvalue weighted by Gasteiger charge is -2.18. The van der Waals surface area contributed by atoms with Gasteiger partial charge in [0.15, 0.2) is 0 Å². The molecule has 104 valence electrons. The first-order chi connectivity index (χ1) is 9.01. The molecule has 0 radical (unpaired) electrons. The summed E-state index contributed by atoms with van der Waals surface area (Å²) in [6.07, 6.45) is 2.81. The molecule has 1 aromatic carbocycles. The van der Waals surface area contributed by atoms with Gasteiger partial charge in [-0.2, -0.15) is 0 Å². The fourth-order valence-electron chi connectivity index (χ4n) is 2.07. The average Bonchev–Trinajstić information content (AvgIpc) is 2.30. The highest BCUT2D eigenvalue weighted by molar-refractivity contribution is 5.69. The second-order valence-corrected chi connectivity index (χ2v) is 5.27. The average molecular weight is 261 g/mol. The Hall–Kier alpha value is -1.61. The van der Waals surface area contributed by atoms with Crippen molar-refractivity contribution >= 4 is 5.97 Å². The molecule has 0 bridgehead atoms. The Morgan fingerprint density at radius 2 is 1.89 bits per heavy atom. The quantitative estimate of drug-likeness (QED) is 0.731. The number of benzene rings is 1. The van der Waals surface area contributed by atoms with Crippen LogP contribution in [0.3, 0.4) is 0 Å². The van der Waals surface area contributed by atoms with Gasteiger partial charge in [-0.25, -0.2) is 0 Å². The van der Waals surface area contributed by atoms with Crippen LogP contribution in [0.15, 0.2) is 36.9 Å². The molecule has 0 unspecified atom stereocenters. The molecule has 0 spiro atoms. The molecule has 0 aliphatic rings. The summed E-state index contributed by atoms with van der Waals surface area (Å²) in [7, 11) is 0. The van der Waals surface area contributed by atoms with Crippen molar-refractivity contribution in [3.63, 3.8) is 0 Å². The Labute approximate surface area is 115 Å². The monoisotopic (exact) mass is 261 g/mol. The van der Waals surface area contributed by atoms with Gasteiger partial charge in [0.05, 0.1) is 6.54 Å². The predicted octanol–water partition coefficient (Wildman–Crippen LogP) is 2.96. The molecule has 1 aromatic rings. The van der Waals surface area contributed by atoms with Gasteiger partial charge in [-0.1, -0.05) is 44.2 Å². The molecule has 3 nitrogen and oxygen atoms in total. The summed E-state index contributed by atoms with van der Waals surface area (Å²) in [5.41, 5.74) is 2.46. The molecule has 0 heterocycles. The van der Waals surface area contributed by atoms with E-state index in [0.717, 1.165) is 12.0 Å². The first-order valence-electron chi connectivity index (χ1n) is 6.64. The lowest BCUT2D eigenvalue weighted by Crippen LogP contribution is -2.29. The lowest BCUT2D eigenvalue weighted by molar-refractivity contribution is -0.138. The van der Waals surface area contributed by atoms with Crippen molar-refractivity contribution in [3.8, 4) is 0 Å². The Bertz CT molecular complexity index is 409. The molecular formula is C16H23NO2. The summed E-state index contributed by atoms with van der Waals surface area (Å²) in [5, 5.41) is 8.86. The largest absolute Gasteiger partial charge is 0.480 e. The molecule has 0 aromatic heterocycles. The second kappa shape index (κ2) is 7.74. The molecule has 0 saturated heterocycles. The normalized spacial score (nSPS) is 10.9. The number of carbonyl (C=O) groups is 1. The Morgan fingerprint density at radius 3 is 2.37 bits per heavy atom. The Balaban J connectivity index is 2.63. The highest BCUT2D eigenvalue weighted by atomic mass is 16.4. The minimum Gasteiger partial charge on any atom is -0.480 e. The molecular weight excluding hydrogens is 238 g/mol. The zero-order valence-electron chi connectivity index (χ0n) is 11.8. The van der Waals surface area contributed by atoms with Crippen LogP contribution in [0.1, 0.15) is 25.0 Å². The van der Waals surface area contributed by atoms with E-state index in [1.165, 1.54) is 5.56 Å². The molecule has 19 heavy (non-hydrogen) atoms. The van der Waals surface area contributed by atoms with Gasteiger partial charge >= 0.3 is 5.97 Å². The van der Waals surface area contributed by atoms with Gasteiger partial charge in [0.1, 0.15) is 0 Å². The van der Waals surface area contributed by atoms with E-state index in [-0.39, 0.29) is 6.54 Å². The Kier molecular flexibility index (Phi) is 6.30. The van der Waals surface area contributed by atoms with Crippen molar-refractivity contribution in [1.29, 1.82) is 0 Å². The van der Waals surface area contributed by atoms with Gasteiger partial charge in [-0.3, -0.25) is 9.69 Å². The van der Waals surface area contributed by atoms with Crippen LogP contribution in [0.25, 0.3) is 0 Å². The number of hydrogen-bond donors (Lipinski definition) is 1. The summed E-state index contributed by atoms with van der Waals surface area (Å²) >= 11 is 0. The van der Waals surface area contributed by atoms with Crippen LogP contribution in [0.5, 0.6) is 0 Å². The third-order valence-corrected chi connectivity index (χ3v) is 2.82. The molecule has 1 rings (SSSR count). The molecule has 0 aliphatic heterocycles. The van der Waals surface area contributed by atoms with Crippen LogP contribution in [0, 0.1) is 5.92 Å². The van der Waals surface area contributed by atoms with E-state index in [4.69, 9.17) is 5.11 Å². The van der Waals surface area contributed by atoms with E-state index in [9.17, 15) is 4.79 Å². The van der Waals surface area contributed by atoms with Crippen LogP contribution in [0.2, 0.25) is 0 Å². The van der Waals surface area contributed by atoms with Crippen LogP contribution in [0.4, 0.5) is 0 Å². The van der Waals surface area contributed by atoms with Gasteiger partial charge in [0.2, 0.25) is 0 Å². The summed E-state index contributed by atoms with van der Waals surface area (Å²) in [5.74, 6) is -0.159. The molecule has 0 aliphatic carbocycles. The van der Waals surface area contributed by atoms with Gasteiger partial charge in [-0.15, -0.1) is 6.58 Å². The predicted molar refractivity (Wildman–Crippen MR) is 78.1 cm³/mol. The summed E-state index contributed by atoms with van der Waals surface area (Å²) in [6, 6.07) is 8.41. The number of rotatable bonds is 8. The maximum atomic E-state index is 10.8. The third-order valence-electron chi connectivity index (χ3n) is 2.82. The topological polar surface area (TPSA) is 40.5 Å². The summed E-state index contributed by atoms with van der Waals surface area (Å²) in [4.78, 5) is 12.6. The highest BCUT2D eigenvalue weighted by Gasteiger charge is 2.08. The lowest BCUT2D eigenvalue weighted by atomic mass is 10.0. The van der Waals surface area contributed by atoms with Crippen molar-refractivity contribution in [1.82, 2.24) is 4.90 Å². The van der Waals surface area contributed by atoms with Crippen molar-refractivity contribution in [3.05, 3.63) is 48.0 Å². The fourth-order valence-corrected chi connectivity index (χ4v) is 2.07. The molecule has 0 saturated carbocycles. The number of carboxylic acid groups (broad SMARTS) is 1. The highest BCUT2D eigenvalue weighted by Crippen LogP contribution is 2.11. The van der Waals surface area contributed by atoms with E-state index in [0.29, 0.717) is 19.0 Å². The molecule has 0 fully saturated rings. The fraction of sp³-hybridized carbons (Fsp3) is 0.438. The minimum absolute atomic E-state index is 0.0414. The number of hydrogen-bond acceptors (Lipinski definition) is 2. The molecule has 3 heteroatoms. The maximum absolute atomic E-state index is 10.8. The first kappa shape index (κ1) is 15.4. The standard InChI is InChI=1S/C16H23NO2/c1-4-9-17(12-16(18)19)11-15-7-5-14(6-8-15)10-13(2)3/h4-8,13H,1,9-12H2,2-3H3,(H,18,19). The SMILES string of the molecule is C=CCN(CC(=O)O)Cc1ccc(CC(C)C)cc1. The zero-order chi connectivity index (χ0) is 14.3. The third kappa shape index (κ3) is 6.20. The number of aliphatic carboxylic acids is 1. The van der Waals surface area contributed by atoms with Crippen molar-refractivity contribution < 1.29 is 9.90 Å². The second-order valence-electron chi connectivity index (χ2n) is 5.27. The van der Waals surface area contributed by atoms with Gasteiger partial charge < -0.3 is 5.11 Å². The number of nitrogens with zero attached hydrogens (tertiary/aromatic N) is 1. The number of carboxylic acids is 1. The maximum Gasteiger partial charge on any atom is 0.317 e. The van der Waals surface area contributed by atoms with E-state index in [1.807, 2.05) is 4.90 Å². The van der Waals surface area contributed by atoms with E-state index in [1.54, 1.807) is 6.08 Å². The van der Waals surface area contributed by atoms with Crippen molar-refractivity contribution in [2.45, 2.75) is 26.8 Å².